The molecule has 1 fully saturated rings. The highest BCUT2D eigenvalue weighted by atomic mass is 32.2. The van der Waals surface area contributed by atoms with Crippen LogP contribution in [0.1, 0.15) is 24.4 Å². The molecule has 0 unspecified atom stereocenters. The fourth-order valence-corrected chi connectivity index (χ4v) is 3.15. The van der Waals surface area contributed by atoms with Gasteiger partial charge in [-0.3, -0.25) is 4.79 Å². The fraction of sp³-hybridized carbons (Fsp3) is 0.533. The van der Waals surface area contributed by atoms with Crippen LogP contribution in [0.2, 0.25) is 0 Å². The first-order chi connectivity index (χ1) is 10.9. The summed E-state index contributed by atoms with van der Waals surface area (Å²) in [4.78, 5) is 13.6. The van der Waals surface area contributed by atoms with Crippen LogP contribution in [-0.2, 0) is 4.79 Å². The first kappa shape index (κ1) is 17.8. The summed E-state index contributed by atoms with van der Waals surface area (Å²) < 4.78 is 47.2. The van der Waals surface area contributed by atoms with Crippen LogP contribution in [0.5, 0.6) is 11.5 Å². The number of likely N-dealkylation sites (tertiary alicyclic amines) is 1. The third-order valence-corrected chi connectivity index (χ3v) is 4.44. The number of alkyl halides is 3. The van der Waals surface area contributed by atoms with E-state index in [1.165, 1.54) is 19.1 Å². The van der Waals surface area contributed by atoms with Crippen LogP contribution in [0.4, 0.5) is 13.2 Å². The minimum absolute atomic E-state index is 0.226. The Bertz CT molecular complexity index is 565. The van der Waals surface area contributed by atoms with Gasteiger partial charge >= 0.3 is 5.51 Å². The van der Waals surface area contributed by atoms with Crippen molar-refractivity contribution in [2.24, 2.45) is 0 Å². The number of halogens is 3. The number of amides is 1. The lowest BCUT2D eigenvalue weighted by atomic mass is 10.0. The maximum Gasteiger partial charge on any atom is 0.442 e. The van der Waals surface area contributed by atoms with E-state index in [0.29, 0.717) is 18.0 Å². The minimum Gasteiger partial charge on any atom is -0.493 e. The van der Waals surface area contributed by atoms with Crippen molar-refractivity contribution in [3.8, 4) is 11.5 Å². The summed E-state index contributed by atoms with van der Waals surface area (Å²) in [6, 6.07) is 5.09. The molecule has 0 aromatic heterocycles. The van der Waals surface area contributed by atoms with E-state index in [0.717, 1.165) is 18.4 Å². The molecule has 4 nitrogen and oxygen atoms in total. The molecular formula is C15H18F3NO3S. The average molecular weight is 349 g/mol. The first-order valence-electron chi connectivity index (χ1n) is 7.08. The van der Waals surface area contributed by atoms with Gasteiger partial charge in [-0.05, 0) is 42.3 Å². The lowest BCUT2D eigenvalue weighted by Gasteiger charge is -2.25. The highest BCUT2D eigenvalue weighted by Gasteiger charge is 2.34. The van der Waals surface area contributed by atoms with E-state index in [4.69, 9.17) is 9.47 Å². The van der Waals surface area contributed by atoms with Crippen molar-refractivity contribution in [1.82, 2.24) is 4.90 Å². The van der Waals surface area contributed by atoms with Crippen molar-refractivity contribution in [3.05, 3.63) is 23.8 Å². The largest absolute Gasteiger partial charge is 0.493 e. The van der Waals surface area contributed by atoms with Gasteiger partial charge in [0.25, 0.3) is 0 Å². The van der Waals surface area contributed by atoms with Gasteiger partial charge in [0, 0.05) is 6.54 Å². The van der Waals surface area contributed by atoms with Crippen molar-refractivity contribution in [2.75, 3.05) is 26.5 Å². The van der Waals surface area contributed by atoms with Crippen molar-refractivity contribution < 1.29 is 27.4 Å². The Kier molecular flexibility index (Phi) is 5.67. The van der Waals surface area contributed by atoms with Crippen LogP contribution in [-0.4, -0.2) is 42.8 Å². The molecule has 1 aliphatic rings. The summed E-state index contributed by atoms with van der Waals surface area (Å²) in [5.74, 6) is 0.0196. The van der Waals surface area contributed by atoms with Gasteiger partial charge in [0.05, 0.1) is 26.0 Å². The summed E-state index contributed by atoms with van der Waals surface area (Å²) >= 11 is -0.296. The number of rotatable bonds is 5. The zero-order chi connectivity index (χ0) is 17.0. The van der Waals surface area contributed by atoms with Gasteiger partial charge in [0.2, 0.25) is 5.91 Å². The minimum atomic E-state index is -4.39. The Morgan fingerprint density at radius 3 is 2.61 bits per heavy atom. The quantitative estimate of drug-likeness (QED) is 0.814. The number of ether oxygens (including phenoxy) is 2. The molecule has 0 aliphatic carbocycles. The van der Waals surface area contributed by atoms with Crippen LogP contribution in [0.15, 0.2) is 18.2 Å². The summed E-state index contributed by atoms with van der Waals surface area (Å²) in [6.45, 7) is 0.469. The summed E-state index contributed by atoms with van der Waals surface area (Å²) in [6.07, 6.45) is 1.49. The topological polar surface area (TPSA) is 38.8 Å². The lowest BCUT2D eigenvalue weighted by molar-refractivity contribution is -0.129. The van der Waals surface area contributed by atoms with Gasteiger partial charge in [-0.15, -0.1) is 0 Å². The molecule has 1 heterocycles. The summed E-state index contributed by atoms with van der Waals surface area (Å²) in [5.41, 5.74) is -3.56. The lowest BCUT2D eigenvalue weighted by Crippen LogP contribution is -2.32. The van der Waals surface area contributed by atoms with Crippen molar-refractivity contribution in [1.29, 1.82) is 0 Å². The number of carbonyl (C=O) groups is 1. The smallest absolute Gasteiger partial charge is 0.442 e. The Morgan fingerprint density at radius 1 is 1.30 bits per heavy atom. The van der Waals surface area contributed by atoms with Gasteiger partial charge < -0.3 is 14.4 Å². The maximum atomic E-state index is 12.3. The Balaban J connectivity index is 2.13. The second-order valence-electron chi connectivity index (χ2n) is 5.09. The third kappa shape index (κ3) is 4.46. The molecular weight excluding hydrogens is 331 g/mol. The Morgan fingerprint density at radius 2 is 2.00 bits per heavy atom. The van der Waals surface area contributed by atoms with E-state index in [1.807, 2.05) is 6.07 Å². The van der Waals surface area contributed by atoms with E-state index in [-0.39, 0.29) is 17.8 Å². The molecule has 0 spiro atoms. The predicted molar refractivity (Wildman–Crippen MR) is 81.7 cm³/mol. The molecule has 0 N–H and O–H groups in total. The molecule has 0 saturated carbocycles. The molecule has 1 aromatic rings. The molecule has 1 atom stereocenters. The Hall–Kier alpha value is -1.57. The molecule has 1 aromatic carbocycles. The van der Waals surface area contributed by atoms with Crippen LogP contribution in [0.25, 0.3) is 0 Å². The van der Waals surface area contributed by atoms with Crippen molar-refractivity contribution >= 4 is 17.7 Å². The number of methoxy groups -OCH3 is 2. The predicted octanol–water partition coefficient (Wildman–Crippen LogP) is 3.62. The zero-order valence-electron chi connectivity index (χ0n) is 12.9. The van der Waals surface area contributed by atoms with Crippen molar-refractivity contribution in [2.45, 2.75) is 24.4 Å². The molecule has 8 heteroatoms. The number of hydrogen-bond acceptors (Lipinski definition) is 4. The number of carbonyl (C=O) groups excluding carboxylic acids is 1. The molecule has 0 radical (unpaired) electrons. The Labute approximate surface area is 136 Å². The zero-order valence-corrected chi connectivity index (χ0v) is 13.7. The third-order valence-electron chi connectivity index (χ3n) is 3.72. The van der Waals surface area contributed by atoms with Crippen LogP contribution >= 0.6 is 11.8 Å². The number of benzene rings is 1. The van der Waals surface area contributed by atoms with Gasteiger partial charge in [-0.2, -0.15) is 13.2 Å². The van der Waals surface area contributed by atoms with Crippen LogP contribution in [0, 0.1) is 0 Å². The average Bonchev–Trinajstić information content (AvgIpc) is 3.00. The standard InChI is InChI=1S/C15H18F3NO3S/c1-21-12-6-5-10(8-13(12)22-2)11-4-3-7-19(11)14(20)9-23-15(16,17)18/h5-6,8,11H,3-4,7,9H2,1-2H3/t11-/m0/s1. The second-order valence-corrected chi connectivity index (χ2v) is 6.13. The van der Waals surface area contributed by atoms with E-state index in [9.17, 15) is 18.0 Å². The van der Waals surface area contributed by atoms with E-state index >= 15 is 0 Å². The molecule has 2 rings (SSSR count). The SMILES string of the molecule is COc1ccc([C@@H]2CCCN2C(=O)CSC(F)(F)F)cc1OC. The normalized spacial score (nSPS) is 18.1. The fourth-order valence-electron chi connectivity index (χ4n) is 2.70. The number of nitrogens with zero attached hydrogens (tertiary/aromatic N) is 1. The van der Waals surface area contributed by atoms with Crippen LogP contribution < -0.4 is 9.47 Å². The second kappa shape index (κ2) is 7.33. The van der Waals surface area contributed by atoms with Crippen LogP contribution in [0.3, 0.4) is 0 Å². The van der Waals surface area contributed by atoms with Crippen molar-refractivity contribution in [3.63, 3.8) is 0 Å². The molecule has 1 aliphatic heterocycles. The van der Waals surface area contributed by atoms with E-state index in [1.54, 1.807) is 12.1 Å². The number of hydrogen-bond donors (Lipinski definition) is 0. The monoisotopic (exact) mass is 349 g/mol. The summed E-state index contributed by atoms with van der Waals surface area (Å²) in [5, 5.41) is 0. The van der Waals surface area contributed by atoms with E-state index < -0.39 is 17.2 Å². The molecule has 0 bridgehead atoms. The first-order valence-corrected chi connectivity index (χ1v) is 8.06. The van der Waals surface area contributed by atoms with E-state index in [2.05, 4.69) is 0 Å². The number of thioether (sulfide) groups is 1. The molecule has 1 amide bonds. The van der Waals surface area contributed by atoms with Gasteiger partial charge in [0.1, 0.15) is 0 Å². The van der Waals surface area contributed by atoms with Gasteiger partial charge in [-0.1, -0.05) is 6.07 Å². The molecule has 128 valence electrons. The van der Waals surface area contributed by atoms with Gasteiger partial charge in [0.15, 0.2) is 11.5 Å². The van der Waals surface area contributed by atoms with Gasteiger partial charge in [-0.25, -0.2) is 0 Å². The highest BCUT2D eigenvalue weighted by molar-refractivity contribution is 8.00. The highest BCUT2D eigenvalue weighted by Crippen LogP contribution is 2.38. The molecule has 23 heavy (non-hydrogen) atoms. The molecule has 1 saturated heterocycles. The maximum absolute atomic E-state index is 12.3. The summed E-state index contributed by atoms with van der Waals surface area (Å²) in [7, 11) is 3.04.